The molecule has 0 rings (SSSR count). The van der Waals surface area contributed by atoms with Crippen molar-refractivity contribution >= 4 is 57.2 Å². The molecule has 0 aliphatic rings. The van der Waals surface area contributed by atoms with Crippen LogP contribution in [-0.2, 0) is 0 Å². The van der Waals surface area contributed by atoms with Crippen molar-refractivity contribution in [2.75, 3.05) is 11.5 Å². The van der Waals surface area contributed by atoms with E-state index in [-0.39, 0.29) is 29.6 Å². The van der Waals surface area contributed by atoms with Gasteiger partial charge in [-0.2, -0.15) is 0 Å². The summed E-state index contributed by atoms with van der Waals surface area (Å²) in [6, 6.07) is 0. The average molecular weight is 263 g/mol. The molecule has 3 N–H and O–H groups in total. The van der Waals surface area contributed by atoms with Crippen LogP contribution in [0, 0.1) is 0 Å². The van der Waals surface area contributed by atoms with E-state index in [0.717, 1.165) is 0 Å². The number of hydrogen-bond donors (Lipinski definition) is 2. The summed E-state index contributed by atoms with van der Waals surface area (Å²) >= 11 is 0. The minimum absolute atomic E-state index is 0. The van der Waals surface area contributed by atoms with Crippen molar-refractivity contribution in [2.24, 2.45) is 5.73 Å². The summed E-state index contributed by atoms with van der Waals surface area (Å²) in [6.45, 7) is 4.49. The van der Waals surface area contributed by atoms with E-state index in [1.165, 1.54) is 37.2 Å². The monoisotopic (exact) mass is 263 g/mol. The minimum atomic E-state index is -1.33. The van der Waals surface area contributed by atoms with Crippen molar-refractivity contribution in [3.05, 3.63) is 0 Å². The Morgan fingerprint density at radius 2 is 1.40 bits per heavy atom. The first-order valence-electron chi connectivity index (χ1n) is 4.87. The Hall–Kier alpha value is 0.970. The van der Waals surface area contributed by atoms with Crippen molar-refractivity contribution in [3.63, 3.8) is 0 Å². The van der Waals surface area contributed by atoms with Gasteiger partial charge in [0.25, 0.3) is 0 Å². The molecule has 1 amide bonds. The van der Waals surface area contributed by atoms with Crippen molar-refractivity contribution in [2.45, 2.75) is 39.5 Å². The van der Waals surface area contributed by atoms with Gasteiger partial charge in [-0.15, -0.1) is 0 Å². The van der Waals surface area contributed by atoms with Crippen LogP contribution in [0.15, 0.2) is 0 Å². The number of nitrogens with two attached hydrogens (primary N) is 1. The normalized spacial score (nSPS) is 8.40. The van der Waals surface area contributed by atoms with Crippen LogP contribution in [-0.4, -0.2) is 52.3 Å². The standard InChI is InChI=1S/C8H18S2.CH3NO2.Na.H/c1-3-5-7-9-10-8-6-4-2;2-1(3)4;;/h3-8H2,1-2H3;2H2,(H,3,4);;. The van der Waals surface area contributed by atoms with Gasteiger partial charge in [0.2, 0.25) is 0 Å². The quantitative estimate of drug-likeness (QED) is 0.421. The van der Waals surface area contributed by atoms with E-state index in [9.17, 15) is 0 Å². The first kappa shape index (κ1) is 21.3. The Labute approximate surface area is 123 Å². The molecule has 0 aliphatic heterocycles. The van der Waals surface area contributed by atoms with E-state index in [1.807, 2.05) is 21.6 Å². The topological polar surface area (TPSA) is 63.3 Å². The summed E-state index contributed by atoms with van der Waals surface area (Å²) in [4.78, 5) is 8.78. The van der Waals surface area contributed by atoms with E-state index in [0.29, 0.717) is 0 Å². The van der Waals surface area contributed by atoms with Gasteiger partial charge in [-0.1, -0.05) is 48.3 Å². The fraction of sp³-hybridized carbons (Fsp3) is 0.889. The van der Waals surface area contributed by atoms with Crippen molar-refractivity contribution < 1.29 is 9.90 Å². The SMILES string of the molecule is CCCCSSCCCC.NC(=O)O.[NaH]. The Morgan fingerprint density at radius 3 is 1.60 bits per heavy atom. The molecule has 6 heteroatoms. The molecule has 15 heavy (non-hydrogen) atoms. The van der Waals surface area contributed by atoms with E-state index in [2.05, 4.69) is 19.6 Å². The second kappa shape index (κ2) is 20.4. The van der Waals surface area contributed by atoms with Gasteiger partial charge >= 0.3 is 35.7 Å². The molecule has 0 aromatic rings. The number of hydrogen-bond acceptors (Lipinski definition) is 3. The summed E-state index contributed by atoms with van der Waals surface area (Å²) < 4.78 is 0. The second-order valence-electron chi connectivity index (χ2n) is 2.69. The first-order chi connectivity index (χ1) is 6.65. The summed E-state index contributed by atoms with van der Waals surface area (Å²) in [5.74, 6) is 2.68. The van der Waals surface area contributed by atoms with Crippen LogP contribution in [0.3, 0.4) is 0 Å². The summed E-state index contributed by atoms with van der Waals surface area (Å²) in [6.07, 6.45) is 4.09. The molecule has 0 unspecified atom stereocenters. The van der Waals surface area contributed by atoms with Crippen LogP contribution in [0.1, 0.15) is 39.5 Å². The van der Waals surface area contributed by atoms with Crippen LogP contribution in [0.5, 0.6) is 0 Å². The van der Waals surface area contributed by atoms with Crippen LogP contribution in [0.25, 0.3) is 0 Å². The molecule has 88 valence electrons. The maximum absolute atomic E-state index is 8.78. The predicted molar refractivity (Wildman–Crippen MR) is 74.1 cm³/mol. The van der Waals surface area contributed by atoms with Gasteiger partial charge in [0.05, 0.1) is 0 Å². The van der Waals surface area contributed by atoms with E-state index < -0.39 is 6.09 Å². The first-order valence-corrected chi connectivity index (χ1v) is 7.36. The fourth-order valence-corrected chi connectivity index (χ4v) is 2.99. The van der Waals surface area contributed by atoms with Gasteiger partial charge in [-0.05, 0) is 12.8 Å². The molecule has 0 saturated heterocycles. The third-order valence-electron chi connectivity index (χ3n) is 1.25. The molecule has 0 radical (unpaired) electrons. The zero-order valence-corrected chi connectivity index (χ0v) is 10.6. The van der Waals surface area contributed by atoms with E-state index in [1.54, 1.807) is 0 Å². The zero-order chi connectivity index (χ0) is 11.2. The molecule has 0 spiro atoms. The Morgan fingerprint density at radius 1 is 1.13 bits per heavy atom. The Kier molecular flexibility index (Phi) is 28.9. The Balaban J connectivity index is -0.000000249. The van der Waals surface area contributed by atoms with Gasteiger partial charge in [-0.3, -0.25) is 0 Å². The molecule has 0 heterocycles. The molecule has 0 aromatic carbocycles. The number of carbonyl (C=O) groups is 1. The van der Waals surface area contributed by atoms with E-state index in [4.69, 9.17) is 9.90 Å². The van der Waals surface area contributed by atoms with Crippen molar-refractivity contribution in [1.82, 2.24) is 0 Å². The predicted octanol–water partition coefficient (Wildman–Crippen LogP) is 2.94. The van der Waals surface area contributed by atoms with Gasteiger partial charge in [0, 0.05) is 11.5 Å². The Bertz CT molecular complexity index is 117. The third-order valence-corrected chi connectivity index (χ3v) is 3.82. The van der Waals surface area contributed by atoms with Crippen molar-refractivity contribution in [3.8, 4) is 0 Å². The molecule has 3 nitrogen and oxygen atoms in total. The fourth-order valence-electron chi connectivity index (χ4n) is 0.524. The number of primary amides is 1. The molecule has 0 aliphatic carbocycles. The second-order valence-corrected chi connectivity index (χ2v) is 5.39. The summed E-state index contributed by atoms with van der Waals surface area (Å²) in [5.41, 5.74) is 4.03. The van der Waals surface area contributed by atoms with Crippen LogP contribution in [0.4, 0.5) is 4.79 Å². The van der Waals surface area contributed by atoms with Gasteiger partial charge in [0.1, 0.15) is 0 Å². The zero-order valence-electron chi connectivity index (χ0n) is 8.99. The molecule has 0 atom stereocenters. The molecule has 0 aromatic heterocycles. The van der Waals surface area contributed by atoms with Gasteiger partial charge in [0.15, 0.2) is 0 Å². The third kappa shape index (κ3) is 39.6. The van der Waals surface area contributed by atoms with E-state index >= 15 is 0 Å². The molecular formula is C9H22NNaO2S2. The summed E-state index contributed by atoms with van der Waals surface area (Å²) in [7, 11) is 4.07. The number of rotatable bonds is 7. The molecule has 0 fully saturated rings. The van der Waals surface area contributed by atoms with Crippen molar-refractivity contribution in [1.29, 1.82) is 0 Å². The molecule has 0 saturated carbocycles. The van der Waals surface area contributed by atoms with Crippen LogP contribution in [0.2, 0.25) is 0 Å². The average Bonchev–Trinajstić information content (AvgIpc) is 2.10. The van der Waals surface area contributed by atoms with Crippen LogP contribution < -0.4 is 5.73 Å². The number of unbranched alkanes of at least 4 members (excludes halogenated alkanes) is 2. The van der Waals surface area contributed by atoms with Gasteiger partial charge < -0.3 is 10.8 Å². The molecule has 0 bridgehead atoms. The maximum atomic E-state index is 8.78. The number of amides is 1. The number of carboxylic acid groups (broad SMARTS) is 1. The van der Waals surface area contributed by atoms with Gasteiger partial charge in [-0.25, -0.2) is 4.79 Å². The molecular weight excluding hydrogens is 241 g/mol. The summed E-state index contributed by atoms with van der Waals surface area (Å²) in [5, 5.41) is 7.19. The van der Waals surface area contributed by atoms with Crippen LogP contribution >= 0.6 is 21.6 Å².